The molecule has 1 amide bonds. The normalized spacial score (nSPS) is 10.3. The first-order valence-corrected chi connectivity index (χ1v) is 6.02. The molecule has 0 saturated carbocycles. The number of halogens is 1. The van der Waals surface area contributed by atoms with Gasteiger partial charge in [-0.1, -0.05) is 17.7 Å². The van der Waals surface area contributed by atoms with Crippen LogP contribution in [0.25, 0.3) is 0 Å². The van der Waals surface area contributed by atoms with E-state index in [1.54, 1.807) is 24.9 Å². The second-order valence-corrected chi connectivity index (χ2v) is 4.53. The fourth-order valence-corrected chi connectivity index (χ4v) is 2.03. The van der Waals surface area contributed by atoms with Gasteiger partial charge in [0.1, 0.15) is 5.02 Å². The first-order chi connectivity index (χ1) is 9.40. The van der Waals surface area contributed by atoms with Crippen molar-refractivity contribution in [2.75, 3.05) is 5.32 Å². The van der Waals surface area contributed by atoms with Crippen LogP contribution in [-0.2, 0) is 7.05 Å². The third-order valence-corrected chi connectivity index (χ3v) is 3.08. The van der Waals surface area contributed by atoms with E-state index in [1.807, 2.05) is 0 Å². The van der Waals surface area contributed by atoms with E-state index in [9.17, 15) is 14.9 Å². The van der Waals surface area contributed by atoms with E-state index in [4.69, 9.17) is 11.6 Å². The Morgan fingerprint density at radius 1 is 1.50 bits per heavy atom. The summed E-state index contributed by atoms with van der Waals surface area (Å²) in [4.78, 5) is 22.3. The Balaban J connectivity index is 2.32. The number of hydrogen-bond acceptors (Lipinski definition) is 4. The van der Waals surface area contributed by atoms with Gasteiger partial charge in [0.15, 0.2) is 0 Å². The highest BCUT2D eigenvalue weighted by Crippen LogP contribution is 2.28. The molecule has 0 unspecified atom stereocenters. The molecule has 1 aromatic heterocycles. The van der Waals surface area contributed by atoms with Crippen LogP contribution in [0, 0.1) is 17.0 Å². The molecule has 0 bridgehead atoms. The molecule has 0 aliphatic rings. The third kappa shape index (κ3) is 2.62. The molecule has 104 valence electrons. The van der Waals surface area contributed by atoms with Crippen LogP contribution in [0.5, 0.6) is 0 Å². The Kier molecular flexibility index (Phi) is 3.71. The highest BCUT2D eigenvalue weighted by Gasteiger charge is 2.20. The molecule has 0 saturated heterocycles. The van der Waals surface area contributed by atoms with Gasteiger partial charge in [0.05, 0.1) is 21.9 Å². The van der Waals surface area contributed by atoms with Gasteiger partial charge in [0.25, 0.3) is 11.6 Å². The lowest BCUT2D eigenvalue weighted by molar-refractivity contribution is -0.384. The summed E-state index contributed by atoms with van der Waals surface area (Å²) in [6, 6.07) is 4.08. The van der Waals surface area contributed by atoms with Crippen LogP contribution in [-0.4, -0.2) is 20.6 Å². The lowest BCUT2D eigenvalue weighted by atomic mass is 10.2. The van der Waals surface area contributed by atoms with Gasteiger partial charge >= 0.3 is 0 Å². The van der Waals surface area contributed by atoms with Gasteiger partial charge in [-0.05, 0) is 13.0 Å². The zero-order valence-corrected chi connectivity index (χ0v) is 11.5. The van der Waals surface area contributed by atoms with E-state index in [1.165, 1.54) is 18.2 Å². The van der Waals surface area contributed by atoms with Gasteiger partial charge in [-0.25, -0.2) is 0 Å². The number of benzene rings is 1. The highest BCUT2D eigenvalue weighted by molar-refractivity contribution is 6.36. The quantitative estimate of drug-likeness (QED) is 0.695. The van der Waals surface area contributed by atoms with Gasteiger partial charge in [0.2, 0.25) is 0 Å². The van der Waals surface area contributed by atoms with Crippen molar-refractivity contribution in [2.45, 2.75) is 6.92 Å². The monoisotopic (exact) mass is 294 g/mol. The lowest BCUT2D eigenvalue weighted by Gasteiger charge is -2.05. The highest BCUT2D eigenvalue weighted by atomic mass is 35.5. The molecule has 0 fully saturated rings. The number of carbonyl (C=O) groups excluding carboxylic acids is 1. The molecule has 2 aromatic rings. The van der Waals surface area contributed by atoms with Crippen LogP contribution in [0.1, 0.15) is 16.1 Å². The molecule has 2 rings (SSSR count). The number of carbonyl (C=O) groups is 1. The topological polar surface area (TPSA) is 90.1 Å². The van der Waals surface area contributed by atoms with Crippen molar-refractivity contribution in [3.63, 3.8) is 0 Å². The van der Waals surface area contributed by atoms with Crippen molar-refractivity contribution >= 4 is 28.9 Å². The smallest absolute Gasteiger partial charge is 0.288 e. The zero-order chi connectivity index (χ0) is 14.9. The Morgan fingerprint density at radius 2 is 2.20 bits per heavy atom. The molecule has 20 heavy (non-hydrogen) atoms. The standard InChI is InChI=1S/C12H11ClN4O3/c1-7-9(6-16(2)15-7)14-12(18)8-4-3-5-10(11(8)13)17(19)20/h3-6H,1-2H3,(H,14,18). The number of nitrogens with one attached hydrogen (secondary N) is 1. The minimum Gasteiger partial charge on any atom is -0.319 e. The molecule has 1 aromatic carbocycles. The molecule has 0 atom stereocenters. The third-order valence-electron chi connectivity index (χ3n) is 2.68. The Labute approximate surface area is 119 Å². The van der Waals surface area contributed by atoms with Gasteiger partial charge in [-0.15, -0.1) is 0 Å². The lowest BCUT2D eigenvalue weighted by Crippen LogP contribution is -2.13. The van der Waals surface area contributed by atoms with Crippen molar-refractivity contribution in [1.82, 2.24) is 9.78 Å². The predicted octanol–water partition coefficient (Wildman–Crippen LogP) is 2.54. The molecule has 0 aliphatic carbocycles. The van der Waals surface area contributed by atoms with Crippen LogP contribution in [0.15, 0.2) is 24.4 Å². The predicted molar refractivity (Wildman–Crippen MR) is 74.0 cm³/mol. The maximum Gasteiger partial charge on any atom is 0.288 e. The number of aromatic nitrogens is 2. The van der Waals surface area contributed by atoms with Crippen molar-refractivity contribution in [3.05, 3.63) is 50.8 Å². The number of aryl methyl sites for hydroxylation is 2. The summed E-state index contributed by atoms with van der Waals surface area (Å²) in [5, 5.41) is 17.3. The van der Waals surface area contributed by atoms with E-state index in [0.29, 0.717) is 11.4 Å². The SMILES string of the molecule is Cc1nn(C)cc1NC(=O)c1cccc([N+](=O)[O-])c1Cl. The van der Waals surface area contributed by atoms with Crippen LogP contribution in [0.3, 0.4) is 0 Å². The Bertz CT molecular complexity index is 696. The second-order valence-electron chi connectivity index (χ2n) is 4.15. The number of nitrogens with zero attached hydrogens (tertiary/aromatic N) is 3. The molecular formula is C12H11ClN4O3. The fourth-order valence-electron chi connectivity index (χ4n) is 1.75. The molecule has 1 heterocycles. The van der Waals surface area contributed by atoms with Crippen molar-refractivity contribution in [2.24, 2.45) is 7.05 Å². The second kappa shape index (κ2) is 5.30. The molecule has 0 aliphatic heterocycles. The Hall–Kier alpha value is -2.41. The van der Waals surface area contributed by atoms with Crippen LogP contribution in [0.4, 0.5) is 11.4 Å². The van der Waals surface area contributed by atoms with Crippen molar-refractivity contribution in [1.29, 1.82) is 0 Å². The number of rotatable bonds is 3. The van der Waals surface area contributed by atoms with E-state index in [2.05, 4.69) is 10.4 Å². The average molecular weight is 295 g/mol. The summed E-state index contributed by atoms with van der Waals surface area (Å²) >= 11 is 5.89. The first-order valence-electron chi connectivity index (χ1n) is 5.64. The van der Waals surface area contributed by atoms with Crippen molar-refractivity contribution < 1.29 is 9.72 Å². The molecule has 1 N–H and O–H groups in total. The summed E-state index contributed by atoms with van der Waals surface area (Å²) in [6.07, 6.45) is 1.64. The summed E-state index contributed by atoms with van der Waals surface area (Å²) in [5.41, 5.74) is 0.911. The minimum atomic E-state index is -0.631. The number of nitro benzene ring substituents is 1. The average Bonchev–Trinajstić information content (AvgIpc) is 2.67. The first kappa shape index (κ1) is 14.0. The van der Waals surface area contributed by atoms with E-state index in [-0.39, 0.29) is 16.3 Å². The summed E-state index contributed by atoms with van der Waals surface area (Å²) < 4.78 is 1.56. The molecule has 8 heteroatoms. The number of anilines is 1. The van der Waals surface area contributed by atoms with Gasteiger partial charge in [-0.2, -0.15) is 5.10 Å². The number of nitro groups is 1. The van der Waals surface area contributed by atoms with Crippen LogP contribution >= 0.6 is 11.6 Å². The van der Waals surface area contributed by atoms with Crippen molar-refractivity contribution in [3.8, 4) is 0 Å². The molecule has 0 spiro atoms. The summed E-state index contributed by atoms with van der Waals surface area (Å²) in [6.45, 7) is 1.74. The van der Waals surface area contributed by atoms with Crippen LogP contribution < -0.4 is 5.32 Å². The molecule has 7 nitrogen and oxygen atoms in total. The Morgan fingerprint density at radius 3 is 2.75 bits per heavy atom. The van der Waals surface area contributed by atoms with E-state index < -0.39 is 10.8 Å². The number of hydrogen-bond donors (Lipinski definition) is 1. The van der Waals surface area contributed by atoms with E-state index >= 15 is 0 Å². The number of amides is 1. The largest absolute Gasteiger partial charge is 0.319 e. The molecule has 0 radical (unpaired) electrons. The minimum absolute atomic E-state index is 0.0455. The maximum atomic E-state index is 12.1. The van der Waals surface area contributed by atoms with Gasteiger partial charge in [0, 0.05) is 19.3 Å². The van der Waals surface area contributed by atoms with Gasteiger partial charge < -0.3 is 5.32 Å². The summed E-state index contributed by atoms with van der Waals surface area (Å²) in [5.74, 6) is -0.519. The van der Waals surface area contributed by atoms with Gasteiger partial charge in [-0.3, -0.25) is 19.6 Å². The maximum absolute atomic E-state index is 12.1. The summed E-state index contributed by atoms with van der Waals surface area (Å²) in [7, 11) is 1.73. The zero-order valence-electron chi connectivity index (χ0n) is 10.8. The van der Waals surface area contributed by atoms with Crippen LogP contribution in [0.2, 0.25) is 5.02 Å². The fraction of sp³-hybridized carbons (Fsp3) is 0.167. The van der Waals surface area contributed by atoms with E-state index in [0.717, 1.165) is 0 Å². The molecular weight excluding hydrogens is 284 g/mol.